The van der Waals surface area contributed by atoms with E-state index in [1.54, 1.807) is 31.4 Å². The molecule has 1 aliphatic heterocycles. The van der Waals surface area contributed by atoms with Gasteiger partial charge in [0.2, 0.25) is 5.88 Å². The van der Waals surface area contributed by atoms with Gasteiger partial charge in [0.25, 0.3) is 0 Å². The van der Waals surface area contributed by atoms with Crippen LogP contribution in [0.4, 0.5) is 4.39 Å². The van der Waals surface area contributed by atoms with Crippen molar-refractivity contribution in [2.24, 2.45) is 4.99 Å². The van der Waals surface area contributed by atoms with Crippen molar-refractivity contribution < 1.29 is 9.13 Å². The minimum absolute atomic E-state index is 0.335. The van der Waals surface area contributed by atoms with Crippen LogP contribution in [0.25, 0.3) is 0 Å². The Kier molecular flexibility index (Phi) is 6.71. The Bertz CT molecular complexity index is 733. The molecule has 7 heteroatoms. The van der Waals surface area contributed by atoms with Gasteiger partial charge in [0, 0.05) is 43.7 Å². The highest BCUT2D eigenvalue weighted by molar-refractivity contribution is 8.00. The van der Waals surface area contributed by atoms with Gasteiger partial charge in [0.15, 0.2) is 5.96 Å². The van der Waals surface area contributed by atoms with Crippen LogP contribution in [0.3, 0.4) is 0 Å². The van der Waals surface area contributed by atoms with Crippen LogP contribution < -0.4 is 15.4 Å². The maximum atomic E-state index is 13.2. The normalized spacial score (nSPS) is 17.2. The number of hydrogen-bond acceptors (Lipinski definition) is 4. The van der Waals surface area contributed by atoms with Crippen LogP contribution in [0.2, 0.25) is 0 Å². The molecule has 0 bridgehead atoms. The third kappa shape index (κ3) is 5.62. The van der Waals surface area contributed by atoms with Gasteiger partial charge in [-0.1, -0.05) is 12.1 Å². The highest BCUT2D eigenvalue weighted by atomic mass is 32.2. The van der Waals surface area contributed by atoms with Gasteiger partial charge in [-0.15, -0.1) is 0 Å². The third-order valence-electron chi connectivity index (χ3n) is 4.02. The van der Waals surface area contributed by atoms with Crippen LogP contribution in [0.1, 0.15) is 18.4 Å². The molecule has 138 valence electrons. The van der Waals surface area contributed by atoms with Gasteiger partial charge in [-0.3, -0.25) is 4.99 Å². The molecular formula is C19H23FN4OS. The first-order valence-electron chi connectivity index (χ1n) is 8.67. The van der Waals surface area contributed by atoms with Gasteiger partial charge in [-0.2, -0.15) is 11.8 Å². The SMILES string of the molecule is CN=C(NCc1ccc(Oc2cccc(F)c2)nc1)NCC1CCCS1. The molecule has 26 heavy (non-hydrogen) atoms. The number of aliphatic imine (C=N–C) groups is 1. The summed E-state index contributed by atoms with van der Waals surface area (Å²) in [6.45, 7) is 1.55. The van der Waals surface area contributed by atoms with Crippen LogP contribution in [0.15, 0.2) is 47.6 Å². The summed E-state index contributed by atoms with van der Waals surface area (Å²) in [4.78, 5) is 8.52. The van der Waals surface area contributed by atoms with Crippen molar-refractivity contribution in [2.75, 3.05) is 19.3 Å². The van der Waals surface area contributed by atoms with Crippen LogP contribution >= 0.6 is 11.8 Å². The lowest BCUT2D eigenvalue weighted by Crippen LogP contribution is -2.39. The van der Waals surface area contributed by atoms with Crippen molar-refractivity contribution in [1.82, 2.24) is 15.6 Å². The number of aromatic nitrogens is 1. The number of rotatable bonds is 6. The van der Waals surface area contributed by atoms with Crippen molar-refractivity contribution in [2.45, 2.75) is 24.6 Å². The van der Waals surface area contributed by atoms with E-state index in [4.69, 9.17) is 4.74 Å². The fourth-order valence-electron chi connectivity index (χ4n) is 2.65. The van der Waals surface area contributed by atoms with Crippen molar-refractivity contribution in [3.63, 3.8) is 0 Å². The molecule has 1 atom stereocenters. The number of pyridine rings is 1. The third-order valence-corrected chi connectivity index (χ3v) is 5.42. The van der Waals surface area contributed by atoms with Crippen molar-refractivity contribution in [3.8, 4) is 11.6 Å². The first kappa shape index (κ1) is 18.5. The summed E-state index contributed by atoms with van der Waals surface area (Å²) >= 11 is 2.02. The van der Waals surface area contributed by atoms with Crippen molar-refractivity contribution in [3.05, 3.63) is 54.0 Å². The number of halogens is 1. The van der Waals surface area contributed by atoms with Gasteiger partial charge in [0.1, 0.15) is 11.6 Å². The van der Waals surface area contributed by atoms with E-state index >= 15 is 0 Å². The lowest BCUT2D eigenvalue weighted by Gasteiger charge is -2.14. The van der Waals surface area contributed by atoms with Crippen molar-refractivity contribution in [1.29, 1.82) is 0 Å². The van der Waals surface area contributed by atoms with Crippen molar-refractivity contribution >= 4 is 17.7 Å². The maximum Gasteiger partial charge on any atom is 0.219 e. The zero-order chi connectivity index (χ0) is 18.2. The second kappa shape index (κ2) is 9.43. The predicted molar refractivity (Wildman–Crippen MR) is 104 cm³/mol. The molecule has 0 saturated carbocycles. The summed E-state index contributed by atoms with van der Waals surface area (Å²) in [7, 11) is 1.77. The number of ether oxygens (including phenoxy) is 1. The number of hydrogen-bond donors (Lipinski definition) is 2. The summed E-state index contributed by atoms with van der Waals surface area (Å²) in [6.07, 6.45) is 4.31. The standard InChI is InChI=1S/C19H23FN4OS/c1-21-19(24-13-17-6-3-9-26-17)23-12-14-7-8-18(22-11-14)25-16-5-2-4-15(20)10-16/h2,4-5,7-8,10-11,17H,3,6,9,12-13H2,1H3,(H2,21,23,24). The number of guanidine groups is 1. The maximum absolute atomic E-state index is 13.2. The average molecular weight is 374 g/mol. The molecule has 2 aromatic rings. The molecule has 1 saturated heterocycles. The zero-order valence-corrected chi connectivity index (χ0v) is 15.6. The monoisotopic (exact) mass is 374 g/mol. The van der Waals surface area contributed by atoms with E-state index in [-0.39, 0.29) is 5.82 Å². The van der Waals surface area contributed by atoms with Gasteiger partial charge in [-0.25, -0.2) is 9.37 Å². The van der Waals surface area contributed by atoms with Gasteiger partial charge in [-0.05, 0) is 36.3 Å². The lowest BCUT2D eigenvalue weighted by molar-refractivity contribution is 0.457. The Hall–Kier alpha value is -2.28. The smallest absolute Gasteiger partial charge is 0.219 e. The van der Waals surface area contributed by atoms with Gasteiger partial charge < -0.3 is 15.4 Å². The zero-order valence-electron chi connectivity index (χ0n) is 14.7. The summed E-state index contributed by atoms with van der Waals surface area (Å²) < 4.78 is 18.7. The molecule has 1 aromatic heterocycles. The predicted octanol–water partition coefficient (Wildman–Crippen LogP) is 3.57. The van der Waals surface area contributed by atoms with E-state index < -0.39 is 0 Å². The minimum atomic E-state index is -0.335. The first-order valence-corrected chi connectivity index (χ1v) is 9.72. The van der Waals surface area contributed by atoms with E-state index in [1.165, 1.54) is 30.7 Å². The number of thioether (sulfide) groups is 1. The highest BCUT2D eigenvalue weighted by Gasteiger charge is 2.15. The number of benzene rings is 1. The van der Waals surface area contributed by atoms with Gasteiger partial charge >= 0.3 is 0 Å². The molecular weight excluding hydrogens is 351 g/mol. The Morgan fingerprint density at radius 2 is 2.27 bits per heavy atom. The van der Waals surface area contributed by atoms with E-state index in [2.05, 4.69) is 20.6 Å². The molecule has 0 spiro atoms. The Balaban J connectivity index is 1.47. The van der Waals surface area contributed by atoms with E-state index in [9.17, 15) is 4.39 Å². The fourth-order valence-corrected chi connectivity index (χ4v) is 3.85. The topological polar surface area (TPSA) is 58.5 Å². The first-order chi connectivity index (χ1) is 12.7. The summed E-state index contributed by atoms with van der Waals surface area (Å²) in [5, 5.41) is 7.33. The average Bonchev–Trinajstić information content (AvgIpc) is 3.17. The number of nitrogens with zero attached hydrogens (tertiary/aromatic N) is 2. The molecule has 1 fully saturated rings. The molecule has 5 nitrogen and oxygen atoms in total. The Morgan fingerprint density at radius 1 is 1.35 bits per heavy atom. The van der Waals surface area contributed by atoms with Gasteiger partial charge in [0.05, 0.1) is 0 Å². The van der Waals surface area contributed by atoms with E-state index in [1.807, 2.05) is 17.8 Å². The van der Waals surface area contributed by atoms with E-state index in [0.29, 0.717) is 23.4 Å². The van der Waals surface area contributed by atoms with Crippen LogP contribution in [-0.2, 0) is 6.54 Å². The second-order valence-corrected chi connectivity index (χ2v) is 7.41. The second-order valence-electron chi connectivity index (χ2n) is 6.01. The molecule has 3 rings (SSSR count). The quantitative estimate of drug-likeness (QED) is 0.598. The molecule has 1 unspecified atom stereocenters. The summed E-state index contributed by atoms with van der Waals surface area (Å²) in [6, 6.07) is 9.70. The Morgan fingerprint density at radius 3 is 2.96 bits per heavy atom. The molecule has 0 radical (unpaired) electrons. The molecule has 0 amide bonds. The van der Waals surface area contributed by atoms with Crippen LogP contribution in [0.5, 0.6) is 11.6 Å². The summed E-state index contributed by atoms with van der Waals surface area (Å²) in [5.41, 5.74) is 1.01. The molecule has 1 aliphatic rings. The lowest BCUT2D eigenvalue weighted by atomic mass is 10.2. The van der Waals surface area contributed by atoms with Crippen LogP contribution in [0, 0.1) is 5.82 Å². The number of nitrogens with one attached hydrogen (secondary N) is 2. The molecule has 0 aliphatic carbocycles. The van der Waals surface area contributed by atoms with Crippen LogP contribution in [-0.4, -0.2) is 35.5 Å². The Labute approximate surface area is 157 Å². The molecule has 2 N–H and O–H groups in total. The highest BCUT2D eigenvalue weighted by Crippen LogP contribution is 2.25. The minimum Gasteiger partial charge on any atom is -0.439 e. The largest absolute Gasteiger partial charge is 0.439 e. The fraction of sp³-hybridized carbons (Fsp3) is 0.368. The molecule has 1 aromatic carbocycles. The summed E-state index contributed by atoms with van der Waals surface area (Å²) in [5.74, 6) is 2.57. The molecule has 2 heterocycles. The van der Waals surface area contributed by atoms with E-state index in [0.717, 1.165) is 18.1 Å².